The number of hydrogen-bond acceptors (Lipinski definition) is 4. The van der Waals surface area contributed by atoms with Crippen molar-refractivity contribution in [3.63, 3.8) is 0 Å². The first-order valence-electron chi connectivity index (χ1n) is 5.46. The summed E-state index contributed by atoms with van der Waals surface area (Å²) in [6, 6.07) is 11.6. The average molecular weight is 229 g/mol. The number of aromatic nitrogens is 2. The molecule has 0 radical (unpaired) electrons. The Hall–Kier alpha value is -1.94. The second-order valence-electron chi connectivity index (χ2n) is 3.74. The summed E-state index contributed by atoms with van der Waals surface area (Å²) in [6.45, 7) is 0. The van der Waals surface area contributed by atoms with Gasteiger partial charge in [0, 0.05) is 24.7 Å². The van der Waals surface area contributed by atoms with Gasteiger partial charge in [-0.05, 0) is 5.56 Å². The van der Waals surface area contributed by atoms with Gasteiger partial charge in [-0.15, -0.1) is 0 Å². The highest BCUT2D eigenvalue weighted by molar-refractivity contribution is 5.20. The van der Waals surface area contributed by atoms with Crippen molar-refractivity contribution in [2.45, 2.75) is 12.5 Å². The average Bonchev–Trinajstić information content (AvgIpc) is 2.40. The van der Waals surface area contributed by atoms with E-state index in [9.17, 15) is 0 Å². The van der Waals surface area contributed by atoms with Gasteiger partial charge in [0.05, 0.1) is 7.11 Å². The lowest BCUT2D eigenvalue weighted by Crippen LogP contribution is -2.15. The van der Waals surface area contributed by atoms with E-state index in [1.54, 1.807) is 19.4 Å². The molecule has 1 aromatic heterocycles. The summed E-state index contributed by atoms with van der Waals surface area (Å²) in [5, 5.41) is 0. The van der Waals surface area contributed by atoms with Crippen LogP contribution < -0.4 is 10.5 Å². The molecule has 2 rings (SSSR count). The molecule has 4 heteroatoms. The highest BCUT2D eigenvalue weighted by atomic mass is 16.5. The molecule has 0 bridgehead atoms. The Morgan fingerprint density at radius 3 is 2.71 bits per heavy atom. The quantitative estimate of drug-likeness (QED) is 0.867. The fraction of sp³-hybridized carbons (Fsp3) is 0.231. The minimum Gasteiger partial charge on any atom is -0.481 e. The van der Waals surface area contributed by atoms with Gasteiger partial charge in [-0.2, -0.15) is 4.98 Å². The molecule has 0 spiro atoms. The fourth-order valence-electron chi connectivity index (χ4n) is 1.61. The number of nitrogens with zero attached hydrogens (tertiary/aromatic N) is 2. The molecular weight excluding hydrogens is 214 g/mol. The van der Waals surface area contributed by atoms with E-state index in [1.165, 1.54) is 0 Å². The van der Waals surface area contributed by atoms with Crippen LogP contribution in [0, 0.1) is 0 Å². The zero-order valence-electron chi connectivity index (χ0n) is 9.71. The van der Waals surface area contributed by atoms with Gasteiger partial charge in [-0.3, -0.25) is 0 Å². The van der Waals surface area contributed by atoms with E-state index in [4.69, 9.17) is 10.5 Å². The maximum atomic E-state index is 6.10. The summed E-state index contributed by atoms with van der Waals surface area (Å²) >= 11 is 0. The minimum absolute atomic E-state index is 0.0942. The van der Waals surface area contributed by atoms with Crippen molar-refractivity contribution in [2.24, 2.45) is 5.73 Å². The van der Waals surface area contributed by atoms with Crippen LogP contribution in [-0.2, 0) is 6.42 Å². The van der Waals surface area contributed by atoms with Gasteiger partial charge < -0.3 is 10.5 Å². The molecular formula is C13H15N3O. The lowest BCUT2D eigenvalue weighted by atomic mass is 10.0. The first-order valence-corrected chi connectivity index (χ1v) is 5.46. The zero-order valence-corrected chi connectivity index (χ0v) is 9.71. The van der Waals surface area contributed by atoms with Crippen LogP contribution in [0.4, 0.5) is 0 Å². The van der Waals surface area contributed by atoms with E-state index in [0.717, 1.165) is 5.56 Å². The molecule has 0 aliphatic carbocycles. The van der Waals surface area contributed by atoms with E-state index in [0.29, 0.717) is 18.1 Å². The van der Waals surface area contributed by atoms with Crippen molar-refractivity contribution < 1.29 is 4.74 Å². The number of ether oxygens (including phenoxy) is 1. The Kier molecular flexibility index (Phi) is 3.67. The first-order chi connectivity index (χ1) is 8.29. The van der Waals surface area contributed by atoms with Gasteiger partial charge in [-0.1, -0.05) is 30.3 Å². The molecule has 0 aliphatic heterocycles. The predicted octanol–water partition coefficient (Wildman–Crippen LogP) is 1.73. The third kappa shape index (κ3) is 3.01. The highest BCUT2D eigenvalue weighted by Crippen LogP contribution is 2.14. The number of methoxy groups -OCH3 is 1. The van der Waals surface area contributed by atoms with Gasteiger partial charge in [0.1, 0.15) is 5.82 Å². The van der Waals surface area contributed by atoms with Gasteiger partial charge >= 0.3 is 0 Å². The molecule has 4 nitrogen and oxygen atoms in total. The second-order valence-corrected chi connectivity index (χ2v) is 3.74. The van der Waals surface area contributed by atoms with E-state index < -0.39 is 0 Å². The van der Waals surface area contributed by atoms with E-state index >= 15 is 0 Å². The van der Waals surface area contributed by atoms with E-state index in [-0.39, 0.29) is 6.04 Å². The maximum Gasteiger partial charge on any atom is 0.216 e. The predicted molar refractivity (Wildman–Crippen MR) is 65.7 cm³/mol. The Morgan fingerprint density at radius 2 is 2.00 bits per heavy atom. The maximum absolute atomic E-state index is 6.10. The summed E-state index contributed by atoms with van der Waals surface area (Å²) in [4.78, 5) is 8.43. The smallest absolute Gasteiger partial charge is 0.216 e. The third-order valence-corrected chi connectivity index (χ3v) is 2.52. The van der Waals surface area contributed by atoms with Crippen molar-refractivity contribution in [1.29, 1.82) is 0 Å². The van der Waals surface area contributed by atoms with Crippen LogP contribution >= 0.6 is 0 Å². The van der Waals surface area contributed by atoms with Crippen molar-refractivity contribution in [2.75, 3.05) is 7.11 Å². The molecule has 1 atom stereocenters. The van der Waals surface area contributed by atoms with Crippen LogP contribution in [0.1, 0.15) is 17.4 Å². The van der Waals surface area contributed by atoms with Crippen LogP contribution in [0.3, 0.4) is 0 Å². The first kappa shape index (κ1) is 11.5. The van der Waals surface area contributed by atoms with Crippen LogP contribution in [0.2, 0.25) is 0 Å². The second kappa shape index (κ2) is 5.41. The summed E-state index contributed by atoms with van der Waals surface area (Å²) in [6.07, 6.45) is 2.28. The molecule has 0 amide bonds. The van der Waals surface area contributed by atoms with Crippen LogP contribution in [-0.4, -0.2) is 17.1 Å². The van der Waals surface area contributed by atoms with E-state index in [1.807, 2.05) is 30.3 Å². The topological polar surface area (TPSA) is 61.0 Å². The molecule has 1 unspecified atom stereocenters. The van der Waals surface area contributed by atoms with Crippen molar-refractivity contribution in [1.82, 2.24) is 9.97 Å². The molecule has 88 valence electrons. The summed E-state index contributed by atoms with van der Waals surface area (Å²) in [7, 11) is 1.59. The zero-order chi connectivity index (χ0) is 12.1. The van der Waals surface area contributed by atoms with Crippen molar-refractivity contribution in [3.8, 4) is 5.88 Å². The molecule has 0 saturated heterocycles. The molecule has 0 fully saturated rings. The molecule has 0 aliphatic rings. The van der Waals surface area contributed by atoms with Gasteiger partial charge in [-0.25, -0.2) is 4.98 Å². The van der Waals surface area contributed by atoms with Gasteiger partial charge in [0.2, 0.25) is 5.88 Å². The molecule has 2 aromatic rings. The van der Waals surface area contributed by atoms with Gasteiger partial charge in [0.25, 0.3) is 0 Å². The monoisotopic (exact) mass is 229 g/mol. The summed E-state index contributed by atoms with van der Waals surface area (Å²) in [5.74, 6) is 1.26. The summed E-state index contributed by atoms with van der Waals surface area (Å²) < 4.78 is 5.05. The summed E-state index contributed by atoms with van der Waals surface area (Å²) in [5.41, 5.74) is 7.18. The van der Waals surface area contributed by atoms with Crippen molar-refractivity contribution in [3.05, 3.63) is 54.0 Å². The van der Waals surface area contributed by atoms with Crippen LogP contribution in [0.25, 0.3) is 0 Å². The lowest BCUT2D eigenvalue weighted by Gasteiger charge is -2.11. The van der Waals surface area contributed by atoms with Crippen LogP contribution in [0.15, 0.2) is 42.6 Å². The SMILES string of the molecule is COc1ccnc(CC(N)c2ccccc2)n1. The minimum atomic E-state index is -0.0942. The largest absolute Gasteiger partial charge is 0.481 e. The molecule has 1 heterocycles. The highest BCUT2D eigenvalue weighted by Gasteiger charge is 2.09. The fourth-order valence-corrected chi connectivity index (χ4v) is 1.61. The molecule has 2 N–H and O–H groups in total. The number of hydrogen-bond donors (Lipinski definition) is 1. The Balaban J connectivity index is 2.10. The molecule has 1 aromatic carbocycles. The molecule has 0 saturated carbocycles. The number of rotatable bonds is 4. The van der Waals surface area contributed by atoms with Crippen molar-refractivity contribution >= 4 is 0 Å². The van der Waals surface area contributed by atoms with E-state index in [2.05, 4.69) is 9.97 Å². The standard InChI is InChI=1S/C13H15N3O/c1-17-13-7-8-15-12(16-13)9-11(14)10-5-3-2-4-6-10/h2-8,11H,9,14H2,1H3. The third-order valence-electron chi connectivity index (χ3n) is 2.52. The Labute approximate surface area is 100 Å². The normalized spacial score (nSPS) is 12.1. The lowest BCUT2D eigenvalue weighted by molar-refractivity contribution is 0.394. The Morgan fingerprint density at radius 1 is 1.24 bits per heavy atom. The number of nitrogens with two attached hydrogens (primary N) is 1. The molecule has 17 heavy (non-hydrogen) atoms. The Bertz CT molecular complexity index is 473. The van der Waals surface area contributed by atoms with Crippen LogP contribution in [0.5, 0.6) is 5.88 Å². The number of benzene rings is 1. The van der Waals surface area contributed by atoms with Gasteiger partial charge in [0.15, 0.2) is 0 Å².